The Kier molecular flexibility index (Phi) is 5.28. The Hall–Kier alpha value is -1.42. The second-order valence-electron chi connectivity index (χ2n) is 5.14. The SMILES string of the molecule is CC(C)(C)OC(=O)CCNCc1ccc(F)cc1. The summed E-state index contributed by atoms with van der Waals surface area (Å²) >= 11 is 0. The van der Waals surface area contributed by atoms with Gasteiger partial charge in [0.15, 0.2) is 0 Å². The van der Waals surface area contributed by atoms with Crippen molar-refractivity contribution in [3.05, 3.63) is 35.6 Å². The molecule has 0 aromatic heterocycles. The van der Waals surface area contributed by atoms with Crippen LogP contribution in [-0.2, 0) is 16.1 Å². The summed E-state index contributed by atoms with van der Waals surface area (Å²) < 4.78 is 17.8. The third kappa shape index (κ3) is 6.35. The Labute approximate surface area is 107 Å². The summed E-state index contributed by atoms with van der Waals surface area (Å²) in [6, 6.07) is 6.28. The van der Waals surface area contributed by atoms with E-state index in [1.54, 1.807) is 12.1 Å². The quantitative estimate of drug-likeness (QED) is 0.647. The highest BCUT2D eigenvalue weighted by Gasteiger charge is 2.15. The zero-order chi connectivity index (χ0) is 13.6. The second-order valence-corrected chi connectivity index (χ2v) is 5.14. The zero-order valence-corrected chi connectivity index (χ0v) is 11.1. The van der Waals surface area contributed by atoms with Crippen LogP contribution in [0.25, 0.3) is 0 Å². The zero-order valence-electron chi connectivity index (χ0n) is 11.1. The highest BCUT2D eigenvalue weighted by atomic mass is 19.1. The molecule has 0 radical (unpaired) electrons. The molecular formula is C14H20FNO2. The van der Waals surface area contributed by atoms with Crippen molar-refractivity contribution in [2.75, 3.05) is 6.54 Å². The Morgan fingerprint density at radius 1 is 1.28 bits per heavy atom. The van der Waals surface area contributed by atoms with Crippen molar-refractivity contribution in [2.45, 2.75) is 39.3 Å². The molecular weight excluding hydrogens is 233 g/mol. The van der Waals surface area contributed by atoms with Crippen LogP contribution in [0.4, 0.5) is 4.39 Å². The maximum absolute atomic E-state index is 12.7. The van der Waals surface area contributed by atoms with Gasteiger partial charge in [-0.15, -0.1) is 0 Å². The molecule has 0 aliphatic carbocycles. The average Bonchev–Trinajstić information content (AvgIpc) is 2.24. The molecule has 0 aliphatic rings. The minimum Gasteiger partial charge on any atom is -0.460 e. The van der Waals surface area contributed by atoms with E-state index in [0.717, 1.165) is 5.56 Å². The highest BCUT2D eigenvalue weighted by Crippen LogP contribution is 2.08. The molecule has 1 aromatic rings. The van der Waals surface area contributed by atoms with Crippen LogP contribution in [0.5, 0.6) is 0 Å². The average molecular weight is 253 g/mol. The maximum Gasteiger partial charge on any atom is 0.307 e. The molecule has 0 heterocycles. The summed E-state index contributed by atoms with van der Waals surface area (Å²) in [5.74, 6) is -0.457. The fourth-order valence-electron chi connectivity index (χ4n) is 1.42. The van der Waals surface area contributed by atoms with Gasteiger partial charge in [0.1, 0.15) is 11.4 Å². The van der Waals surface area contributed by atoms with Crippen LogP contribution >= 0.6 is 0 Å². The number of carbonyl (C=O) groups excluding carboxylic acids is 1. The van der Waals surface area contributed by atoms with Crippen molar-refractivity contribution >= 4 is 5.97 Å². The minimum absolute atomic E-state index is 0.214. The molecule has 0 saturated carbocycles. The number of esters is 1. The first kappa shape index (κ1) is 14.6. The number of halogens is 1. The second kappa shape index (κ2) is 6.50. The lowest BCUT2D eigenvalue weighted by Gasteiger charge is -2.19. The number of hydrogen-bond donors (Lipinski definition) is 1. The number of ether oxygens (including phenoxy) is 1. The van der Waals surface area contributed by atoms with E-state index in [4.69, 9.17) is 4.74 Å². The van der Waals surface area contributed by atoms with Gasteiger partial charge in [-0.3, -0.25) is 4.79 Å². The third-order valence-electron chi connectivity index (χ3n) is 2.17. The molecule has 0 fully saturated rings. The number of carbonyl (C=O) groups is 1. The number of rotatable bonds is 5. The monoisotopic (exact) mass is 253 g/mol. The first-order valence-corrected chi connectivity index (χ1v) is 6.04. The summed E-state index contributed by atoms with van der Waals surface area (Å²) in [6.45, 7) is 6.69. The van der Waals surface area contributed by atoms with Gasteiger partial charge in [-0.2, -0.15) is 0 Å². The van der Waals surface area contributed by atoms with Gasteiger partial charge < -0.3 is 10.1 Å². The molecule has 100 valence electrons. The third-order valence-corrected chi connectivity index (χ3v) is 2.17. The van der Waals surface area contributed by atoms with Gasteiger partial charge in [0.25, 0.3) is 0 Å². The molecule has 0 atom stereocenters. The van der Waals surface area contributed by atoms with Crippen molar-refractivity contribution in [3.63, 3.8) is 0 Å². The van der Waals surface area contributed by atoms with E-state index in [1.807, 2.05) is 20.8 Å². The number of benzene rings is 1. The van der Waals surface area contributed by atoms with Crippen LogP contribution in [0.2, 0.25) is 0 Å². The van der Waals surface area contributed by atoms with Gasteiger partial charge >= 0.3 is 5.97 Å². The van der Waals surface area contributed by atoms with Gasteiger partial charge in [0.05, 0.1) is 6.42 Å². The predicted octanol–water partition coefficient (Wildman–Crippen LogP) is 2.65. The van der Waals surface area contributed by atoms with E-state index in [-0.39, 0.29) is 11.8 Å². The summed E-state index contributed by atoms with van der Waals surface area (Å²) in [7, 11) is 0. The highest BCUT2D eigenvalue weighted by molar-refractivity contribution is 5.70. The van der Waals surface area contributed by atoms with Crippen LogP contribution in [0.15, 0.2) is 24.3 Å². The van der Waals surface area contributed by atoms with Crippen molar-refractivity contribution < 1.29 is 13.9 Å². The standard InChI is InChI=1S/C14H20FNO2/c1-14(2,3)18-13(17)8-9-16-10-11-4-6-12(15)7-5-11/h4-7,16H,8-10H2,1-3H3. The van der Waals surface area contributed by atoms with E-state index >= 15 is 0 Å². The van der Waals surface area contributed by atoms with Gasteiger partial charge in [-0.1, -0.05) is 12.1 Å². The van der Waals surface area contributed by atoms with Crippen LogP contribution in [0, 0.1) is 5.82 Å². The Balaban J connectivity index is 2.19. The first-order chi connectivity index (χ1) is 8.37. The number of hydrogen-bond acceptors (Lipinski definition) is 3. The van der Waals surface area contributed by atoms with Crippen molar-refractivity contribution in [3.8, 4) is 0 Å². The molecule has 0 bridgehead atoms. The van der Waals surface area contributed by atoms with Crippen LogP contribution < -0.4 is 5.32 Å². The summed E-state index contributed by atoms with van der Waals surface area (Å²) in [5.41, 5.74) is 0.550. The Bertz CT molecular complexity index is 382. The molecule has 0 amide bonds. The Morgan fingerprint density at radius 2 is 1.89 bits per heavy atom. The maximum atomic E-state index is 12.7. The van der Waals surface area contributed by atoms with Crippen LogP contribution in [0.1, 0.15) is 32.8 Å². The summed E-state index contributed by atoms with van der Waals surface area (Å²) in [6.07, 6.45) is 0.332. The van der Waals surface area contributed by atoms with Crippen molar-refractivity contribution in [2.24, 2.45) is 0 Å². The largest absolute Gasteiger partial charge is 0.460 e. The lowest BCUT2D eigenvalue weighted by Crippen LogP contribution is -2.26. The predicted molar refractivity (Wildman–Crippen MR) is 68.6 cm³/mol. The molecule has 0 aliphatic heterocycles. The van der Waals surface area contributed by atoms with Gasteiger partial charge in [-0.05, 0) is 38.5 Å². The molecule has 0 unspecified atom stereocenters. The summed E-state index contributed by atoms with van der Waals surface area (Å²) in [5, 5.41) is 3.11. The molecule has 18 heavy (non-hydrogen) atoms. The first-order valence-electron chi connectivity index (χ1n) is 6.04. The molecule has 1 rings (SSSR count). The minimum atomic E-state index is -0.436. The van der Waals surface area contributed by atoms with Gasteiger partial charge in [0, 0.05) is 13.1 Å². The van der Waals surface area contributed by atoms with E-state index in [2.05, 4.69) is 5.32 Å². The van der Waals surface area contributed by atoms with E-state index < -0.39 is 5.60 Å². The van der Waals surface area contributed by atoms with E-state index in [0.29, 0.717) is 19.5 Å². The normalized spacial score (nSPS) is 11.3. The lowest BCUT2D eigenvalue weighted by molar-refractivity contribution is -0.154. The molecule has 3 nitrogen and oxygen atoms in total. The van der Waals surface area contributed by atoms with Gasteiger partial charge in [-0.25, -0.2) is 4.39 Å². The molecule has 0 spiro atoms. The van der Waals surface area contributed by atoms with Crippen LogP contribution in [0.3, 0.4) is 0 Å². The van der Waals surface area contributed by atoms with Crippen molar-refractivity contribution in [1.82, 2.24) is 5.32 Å². The fraction of sp³-hybridized carbons (Fsp3) is 0.500. The molecule has 1 aromatic carbocycles. The van der Waals surface area contributed by atoms with E-state index in [9.17, 15) is 9.18 Å². The smallest absolute Gasteiger partial charge is 0.307 e. The summed E-state index contributed by atoms with van der Waals surface area (Å²) in [4.78, 5) is 11.4. The van der Waals surface area contributed by atoms with E-state index in [1.165, 1.54) is 12.1 Å². The molecule has 1 N–H and O–H groups in total. The molecule has 4 heteroatoms. The number of nitrogens with one attached hydrogen (secondary N) is 1. The fourth-order valence-corrected chi connectivity index (χ4v) is 1.42. The lowest BCUT2D eigenvalue weighted by atomic mass is 10.2. The topological polar surface area (TPSA) is 38.3 Å². The van der Waals surface area contributed by atoms with Gasteiger partial charge in [0.2, 0.25) is 0 Å². The van der Waals surface area contributed by atoms with Crippen molar-refractivity contribution in [1.29, 1.82) is 0 Å². The Morgan fingerprint density at radius 3 is 2.44 bits per heavy atom. The van der Waals surface area contributed by atoms with Crippen LogP contribution in [-0.4, -0.2) is 18.1 Å². The molecule has 0 saturated heterocycles.